The van der Waals surface area contributed by atoms with E-state index >= 15 is 0 Å². The van der Waals surface area contributed by atoms with E-state index in [0.717, 1.165) is 36.0 Å². The molecule has 2 aromatic rings. The molecule has 0 amide bonds. The number of ether oxygens (including phenoxy) is 4. The van der Waals surface area contributed by atoms with Crippen molar-refractivity contribution in [1.29, 1.82) is 0 Å². The van der Waals surface area contributed by atoms with Crippen LogP contribution in [0.2, 0.25) is 5.02 Å². The van der Waals surface area contributed by atoms with Crippen molar-refractivity contribution in [3.63, 3.8) is 0 Å². The Bertz CT molecular complexity index is 1250. The maximum absolute atomic E-state index is 6.52. The smallest absolute Gasteiger partial charge is 0.153 e. The Morgan fingerprint density at radius 2 is 1.67 bits per heavy atom. The van der Waals surface area contributed by atoms with Gasteiger partial charge in [-0.25, -0.2) is 9.98 Å². The minimum atomic E-state index is 0.163. The van der Waals surface area contributed by atoms with Crippen molar-refractivity contribution in [2.75, 3.05) is 54.6 Å². The predicted octanol–water partition coefficient (Wildman–Crippen LogP) is 5.70. The second-order valence-corrected chi connectivity index (χ2v) is 11.2. The van der Waals surface area contributed by atoms with Gasteiger partial charge in [-0.1, -0.05) is 17.7 Å². The summed E-state index contributed by atoms with van der Waals surface area (Å²) >= 11 is 6.52. The fraction of sp³-hybridized carbons (Fsp3) is 0.500. The van der Waals surface area contributed by atoms with E-state index in [4.69, 9.17) is 36.3 Å². The molecule has 2 N–H and O–H groups in total. The van der Waals surface area contributed by atoms with Crippen LogP contribution in [0, 0.1) is 6.92 Å². The molecule has 2 aromatic carbocycles. The van der Waals surface area contributed by atoms with Gasteiger partial charge in [-0.05, 0) is 95.0 Å². The van der Waals surface area contributed by atoms with Gasteiger partial charge in [-0.15, -0.1) is 0 Å². The number of benzene rings is 2. The quantitative estimate of drug-likeness (QED) is 0.202. The van der Waals surface area contributed by atoms with Crippen molar-refractivity contribution in [1.82, 2.24) is 9.80 Å². The number of piperidine rings is 2. The molecule has 2 saturated heterocycles. The zero-order chi connectivity index (χ0) is 30.1. The summed E-state index contributed by atoms with van der Waals surface area (Å²) in [5, 5.41) is 0.462. The van der Waals surface area contributed by atoms with Gasteiger partial charge in [0.2, 0.25) is 0 Å². The predicted molar refractivity (Wildman–Crippen MR) is 170 cm³/mol. The van der Waals surface area contributed by atoms with Crippen molar-refractivity contribution < 1.29 is 18.9 Å². The normalized spacial score (nSPS) is 18.2. The SMILES string of the molecule is COc1cc(C2CCN(C3CCN(C)CC3)CC2)ccc1N=CN=CC(=CN)OCc1c(C)c(OC)cc(OC)c1Cl. The topological polar surface area (TPSA) is 94.1 Å². The summed E-state index contributed by atoms with van der Waals surface area (Å²) in [6, 6.07) is 8.77. The molecule has 10 heteroatoms. The van der Waals surface area contributed by atoms with Crippen LogP contribution in [0.15, 0.2) is 46.2 Å². The van der Waals surface area contributed by atoms with E-state index in [-0.39, 0.29) is 6.61 Å². The van der Waals surface area contributed by atoms with Crippen LogP contribution in [0.5, 0.6) is 17.2 Å². The number of halogens is 1. The lowest BCUT2D eigenvalue weighted by Gasteiger charge is -2.41. The molecule has 0 saturated carbocycles. The van der Waals surface area contributed by atoms with Crippen LogP contribution in [0.25, 0.3) is 0 Å². The summed E-state index contributed by atoms with van der Waals surface area (Å²) in [6.07, 6.45) is 9.20. The summed E-state index contributed by atoms with van der Waals surface area (Å²) in [5.74, 6) is 2.81. The Hall–Kier alpha value is -3.27. The largest absolute Gasteiger partial charge is 0.496 e. The van der Waals surface area contributed by atoms with Gasteiger partial charge in [0.05, 0.1) is 32.6 Å². The molecule has 2 heterocycles. The lowest BCUT2D eigenvalue weighted by Crippen LogP contribution is -2.46. The third-order valence-corrected chi connectivity index (χ3v) is 8.84. The Morgan fingerprint density at radius 1 is 0.976 bits per heavy atom. The molecule has 2 aliphatic rings. The zero-order valence-corrected chi connectivity index (χ0v) is 26.2. The van der Waals surface area contributed by atoms with Crippen molar-refractivity contribution in [2.45, 2.75) is 51.2 Å². The second kappa shape index (κ2) is 15.3. The van der Waals surface area contributed by atoms with Crippen LogP contribution in [-0.4, -0.2) is 83.0 Å². The van der Waals surface area contributed by atoms with Crippen LogP contribution in [-0.2, 0) is 11.3 Å². The van der Waals surface area contributed by atoms with Crippen LogP contribution < -0.4 is 19.9 Å². The molecule has 2 fully saturated rings. The van der Waals surface area contributed by atoms with E-state index in [1.807, 2.05) is 13.0 Å². The number of hydrogen-bond acceptors (Lipinski definition) is 8. The van der Waals surface area contributed by atoms with E-state index in [9.17, 15) is 0 Å². The fourth-order valence-electron chi connectivity index (χ4n) is 5.78. The molecule has 228 valence electrons. The molecule has 0 spiro atoms. The first-order chi connectivity index (χ1) is 20.4. The van der Waals surface area contributed by atoms with Crippen LogP contribution >= 0.6 is 11.6 Å². The van der Waals surface area contributed by atoms with Crippen molar-refractivity contribution in [3.8, 4) is 17.2 Å². The first-order valence-corrected chi connectivity index (χ1v) is 14.9. The number of likely N-dealkylation sites (tertiary alicyclic amines) is 2. The highest BCUT2D eigenvalue weighted by Crippen LogP contribution is 2.38. The van der Waals surface area contributed by atoms with Crippen LogP contribution in [0.3, 0.4) is 0 Å². The number of aliphatic imine (C=N–C) groups is 2. The van der Waals surface area contributed by atoms with Gasteiger partial charge < -0.3 is 34.5 Å². The Kier molecular flexibility index (Phi) is 11.5. The lowest BCUT2D eigenvalue weighted by molar-refractivity contribution is 0.0966. The fourth-order valence-corrected chi connectivity index (χ4v) is 6.11. The van der Waals surface area contributed by atoms with E-state index in [2.05, 4.69) is 39.0 Å². The van der Waals surface area contributed by atoms with Gasteiger partial charge in [0, 0.05) is 23.9 Å². The number of allylic oxidation sites excluding steroid dienone is 1. The first-order valence-electron chi connectivity index (χ1n) is 14.5. The van der Waals surface area contributed by atoms with Gasteiger partial charge in [-0.2, -0.15) is 0 Å². The number of methoxy groups -OCH3 is 3. The standard InChI is InChI=1S/C32H44ClN5O4/c1-22-27(32(33)31(41-5)17-29(22)39-3)20-42-26(18-34)19-35-21-36-28-7-6-24(16-30(28)40-4)23-8-14-38(15-9-23)25-10-12-37(2)13-11-25/h6-7,16-19,21,23,25H,8-15,20,34H2,1-5H3. The minimum absolute atomic E-state index is 0.163. The average Bonchev–Trinajstić information content (AvgIpc) is 3.02. The molecule has 4 rings (SSSR count). The van der Waals surface area contributed by atoms with Gasteiger partial charge >= 0.3 is 0 Å². The number of hydrogen-bond donors (Lipinski definition) is 1. The maximum atomic E-state index is 6.52. The molecular weight excluding hydrogens is 554 g/mol. The summed E-state index contributed by atoms with van der Waals surface area (Å²) in [7, 11) is 7.05. The van der Waals surface area contributed by atoms with Crippen molar-refractivity contribution in [2.24, 2.45) is 15.7 Å². The third-order valence-electron chi connectivity index (χ3n) is 8.43. The van der Waals surface area contributed by atoms with Crippen LogP contribution in [0.4, 0.5) is 5.69 Å². The third kappa shape index (κ3) is 7.76. The van der Waals surface area contributed by atoms with E-state index in [1.54, 1.807) is 27.4 Å². The van der Waals surface area contributed by atoms with Gasteiger partial charge in [-0.3, -0.25) is 0 Å². The molecule has 0 unspecified atom stereocenters. The maximum Gasteiger partial charge on any atom is 0.153 e. The highest BCUT2D eigenvalue weighted by Gasteiger charge is 2.28. The number of rotatable bonds is 11. The Morgan fingerprint density at radius 3 is 2.31 bits per heavy atom. The van der Waals surface area contributed by atoms with Crippen LogP contribution in [0.1, 0.15) is 48.3 Å². The molecule has 2 aliphatic heterocycles. The highest BCUT2D eigenvalue weighted by molar-refractivity contribution is 6.33. The molecule has 42 heavy (non-hydrogen) atoms. The average molecular weight is 598 g/mol. The second-order valence-electron chi connectivity index (χ2n) is 10.9. The number of nitrogens with zero attached hydrogens (tertiary/aromatic N) is 4. The molecule has 0 aliphatic carbocycles. The van der Waals surface area contributed by atoms with Gasteiger partial charge in [0.1, 0.15) is 35.9 Å². The van der Waals surface area contributed by atoms with E-state index in [0.29, 0.717) is 33.9 Å². The molecule has 0 bridgehead atoms. The molecule has 0 aromatic heterocycles. The monoisotopic (exact) mass is 597 g/mol. The number of nitrogens with two attached hydrogens (primary N) is 1. The summed E-state index contributed by atoms with van der Waals surface area (Å²) < 4.78 is 22.4. The summed E-state index contributed by atoms with van der Waals surface area (Å²) in [5.41, 5.74) is 9.40. The molecule has 0 atom stereocenters. The summed E-state index contributed by atoms with van der Waals surface area (Å²) in [4.78, 5) is 13.9. The first kappa shape index (κ1) is 31.7. The molecule has 0 radical (unpaired) electrons. The van der Waals surface area contributed by atoms with Gasteiger partial charge in [0.15, 0.2) is 5.76 Å². The van der Waals surface area contributed by atoms with E-state index in [1.165, 1.54) is 63.1 Å². The zero-order valence-electron chi connectivity index (χ0n) is 25.4. The Labute approximate surface area is 254 Å². The van der Waals surface area contributed by atoms with E-state index < -0.39 is 0 Å². The molecule has 9 nitrogen and oxygen atoms in total. The minimum Gasteiger partial charge on any atom is -0.496 e. The highest BCUT2D eigenvalue weighted by atomic mass is 35.5. The summed E-state index contributed by atoms with van der Waals surface area (Å²) in [6.45, 7) is 6.80. The van der Waals surface area contributed by atoms with Gasteiger partial charge in [0.25, 0.3) is 0 Å². The molecular formula is C32H44ClN5O4. The Balaban J connectivity index is 1.34. The van der Waals surface area contributed by atoms with Crippen molar-refractivity contribution in [3.05, 3.63) is 57.9 Å². The lowest BCUT2D eigenvalue weighted by atomic mass is 9.87. The van der Waals surface area contributed by atoms with Crippen molar-refractivity contribution >= 4 is 29.8 Å².